The van der Waals surface area contributed by atoms with Gasteiger partial charge >= 0.3 is 0 Å². The van der Waals surface area contributed by atoms with E-state index in [1.165, 1.54) is 30.0 Å². The van der Waals surface area contributed by atoms with Crippen LogP contribution in [-0.4, -0.2) is 20.7 Å². The largest absolute Gasteiger partial charge is 0.288 e. The first-order valence-corrected chi connectivity index (χ1v) is 8.85. The van der Waals surface area contributed by atoms with Gasteiger partial charge in [0.25, 0.3) is 5.69 Å². The molecule has 3 rings (SSSR count). The van der Waals surface area contributed by atoms with E-state index in [-0.39, 0.29) is 11.3 Å². The Morgan fingerprint density at radius 1 is 1.11 bits per heavy atom. The lowest BCUT2D eigenvalue weighted by molar-refractivity contribution is -0.384. The third-order valence-corrected chi connectivity index (χ3v) is 4.63. The van der Waals surface area contributed by atoms with E-state index in [0.717, 1.165) is 0 Å². The minimum Gasteiger partial charge on any atom is -0.288 e. The van der Waals surface area contributed by atoms with Crippen molar-refractivity contribution in [1.82, 2.24) is 9.97 Å². The number of rotatable bonds is 6. The summed E-state index contributed by atoms with van der Waals surface area (Å²) in [7, 11) is 0. The van der Waals surface area contributed by atoms with Gasteiger partial charge in [0.2, 0.25) is 5.78 Å². The number of ketones is 1. The number of allylic oxidation sites excluding steroid dienone is 1. The zero-order valence-electron chi connectivity index (χ0n) is 14.4. The van der Waals surface area contributed by atoms with Crippen molar-refractivity contribution < 1.29 is 9.72 Å². The van der Waals surface area contributed by atoms with Crippen molar-refractivity contribution in [3.63, 3.8) is 0 Å². The highest BCUT2D eigenvalue weighted by Gasteiger charge is 2.16. The number of aromatic nitrogens is 2. The van der Waals surface area contributed by atoms with Gasteiger partial charge in [0.1, 0.15) is 11.6 Å². The quantitative estimate of drug-likeness (QED) is 0.154. The van der Waals surface area contributed by atoms with Crippen molar-refractivity contribution >= 4 is 29.3 Å². The van der Waals surface area contributed by atoms with Crippen LogP contribution in [0.5, 0.6) is 0 Å². The van der Waals surface area contributed by atoms with E-state index in [2.05, 4.69) is 9.97 Å². The van der Waals surface area contributed by atoms with Crippen LogP contribution < -0.4 is 0 Å². The fourth-order valence-corrected chi connectivity index (χ4v) is 3.14. The van der Waals surface area contributed by atoms with Crippen LogP contribution in [0.15, 0.2) is 82.6 Å². The summed E-state index contributed by atoms with van der Waals surface area (Å²) in [5.74, 6) is -0.457. The lowest BCUT2D eigenvalue weighted by Gasteiger charge is -2.06. The van der Waals surface area contributed by atoms with Crippen LogP contribution in [0.4, 0.5) is 5.69 Å². The Hall–Kier alpha value is -3.83. The van der Waals surface area contributed by atoms with Gasteiger partial charge in [0.05, 0.1) is 4.92 Å². The number of nitrogens with zero attached hydrogens (tertiary/aromatic N) is 4. The number of carbonyl (C=O) groups is 1. The number of non-ortho nitro benzene ring substituents is 1. The summed E-state index contributed by atoms with van der Waals surface area (Å²) in [6.45, 7) is 0. The molecule has 0 amide bonds. The Bertz CT molecular complexity index is 1090. The predicted octanol–water partition coefficient (Wildman–Crippen LogP) is 4.33. The minimum atomic E-state index is -0.532. The summed E-state index contributed by atoms with van der Waals surface area (Å²) in [5, 5.41) is 21.1. The molecule has 0 N–H and O–H groups in total. The van der Waals surface area contributed by atoms with Gasteiger partial charge in [0.15, 0.2) is 5.16 Å². The highest BCUT2D eigenvalue weighted by molar-refractivity contribution is 7.99. The Morgan fingerprint density at radius 2 is 1.82 bits per heavy atom. The SMILES string of the molecule is N#C/C(=C/c1cc([N+](=O)[O-])ccc1Sc1ncccn1)C(=O)c1ccccc1. The summed E-state index contributed by atoms with van der Waals surface area (Å²) in [6.07, 6.45) is 4.51. The van der Waals surface area contributed by atoms with Crippen molar-refractivity contribution in [3.8, 4) is 6.07 Å². The molecule has 8 heteroatoms. The molecule has 1 aromatic heterocycles. The molecule has 0 radical (unpaired) electrons. The maximum atomic E-state index is 12.6. The first kappa shape index (κ1) is 18.9. The summed E-state index contributed by atoms with van der Waals surface area (Å²) in [6, 6.07) is 16.2. The third kappa shape index (κ3) is 4.47. The third-order valence-electron chi connectivity index (χ3n) is 3.65. The monoisotopic (exact) mass is 388 g/mol. The van der Waals surface area contributed by atoms with E-state index < -0.39 is 10.7 Å². The van der Waals surface area contributed by atoms with Crippen LogP contribution in [0.3, 0.4) is 0 Å². The number of benzene rings is 2. The van der Waals surface area contributed by atoms with Gasteiger partial charge in [-0.2, -0.15) is 5.26 Å². The molecular formula is C20H12N4O3S. The van der Waals surface area contributed by atoms with Crippen molar-refractivity contribution in [3.05, 3.63) is 93.8 Å². The van der Waals surface area contributed by atoms with E-state index in [1.54, 1.807) is 54.9 Å². The van der Waals surface area contributed by atoms with E-state index in [4.69, 9.17) is 0 Å². The van der Waals surface area contributed by atoms with Crippen LogP contribution >= 0.6 is 11.8 Å². The van der Waals surface area contributed by atoms with Crippen LogP contribution in [-0.2, 0) is 0 Å². The first-order valence-electron chi connectivity index (χ1n) is 8.03. The number of nitriles is 1. The molecule has 0 saturated carbocycles. The average molecular weight is 388 g/mol. The number of hydrogen-bond acceptors (Lipinski definition) is 7. The van der Waals surface area contributed by atoms with Gasteiger partial charge in [0, 0.05) is 35.0 Å². The molecule has 2 aromatic carbocycles. The smallest absolute Gasteiger partial charge is 0.270 e. The Kier molecular flexibility index (Phi) is 5.89. The Labute approximate surface area is 164 Å². The van der Waals surface area contributed by atoms with Gasteiger partial charge in [-0.05, 0) is 35.5 Å². The van der Waals surface area contributed by atoms with Gasteiger partial charge in [-0.3, -0.25) is 14.9 Å². The molecule has 0 saturated heterocycles. The molecule has 0 spiro atoms. The average Bonchev–Trinajstić information content (AvgIpc) is 2.73. The number of carbonyl (C=O) groups excluding carboxylic acids is 1. The van der Waals surface area contributed by atoms with Crippen LogP contribution in [0.25, 0.3) is 6.08 Å². The minimum absolute atomic E-state index is 0.123. The summed E-state index contributed by atoms with van der Waals surface area (Å²) < 4.78 is 0. The molecule has 7 nitrogen and oxygen atoms in total. The predicted molar refractivity (Wildman–Crippen MR) is 104 cm³/mol. The van der Waals surface area contributed by atoms with Gasteiger partial charge < -0.3 is 0 Å². The summed E-state index contributed by atoms with van der Waals surface area (Å²) in [4.78, 5) is 32.1. The second-order valence-corrected chi connectivity index (χ2v) is 6.49. The topological polar surface area (TPSA) is 110 Å². The van der Waals surface area contributed by atoms with Crippen LogP contribution in [0.1, 0.15) is 15.9 Å². The number of Topliss-reactive ketones (excluding diaryl/α,β-unsaturated/α-hetero) is 1. The molecule has 0 bridgehead atoms. The number of nitro benzene ring substituents is 1. The van der Waals surface area contributed by atoms with E-state index in [0.29, 0.717) is 21.2 Å². The normalized spacial score (nSPS) is 10.9. The lowest BCUT2D eigenvalue weighted by Crippen LogP contribution is -2.02. The number of hydrogen-bond donors (Lipinski definition) is 0. The number of nitro groups is 1. The summed E-state index contributed by atoms with van der Waals surface area (Å²) in [5.41, 5.74) is 0.463. The second-order valence-electron chi connectivity index (χ2n) is 5.48. The lowest BCUT2D eigenvalue weighted by atomic mass is 10.0. The fourth-order valence-electron chi connectivity index (χ4n) is 2.34. The van der Waals surface area contributed by atoms with Gasteiger partial charge in [-0.25, -0.2) is 9.97 Å². The second kappa shape index (κ2) is 8.70. The maximum absolute atomic E-state index is 12.6. The van der Waals surface area contributed by atoms with Crippen LogP contribution in [0.2, 0.25) is 0 Å². The molecule has 0 atom stereocenters. The molecule has 136 valence electrons. The standard InChI is InChI=1S/C20H12N4O3S/c21-13-16(19(25)14-5-2-1-3-6-14)11-15-12-17(24(26)27)7-8-18(15)28-20-22-9-4-10-23-20/h1-12H/b16-11-. The fraction of sp³-hybridized carbons (Fsp3) is 0. The van der Waals surface area contributed by atoms with Crippen molar-refractivity contribution in [2.45, 2.75) is 10.1 Å². The van der Waals surface area contributed by atoms with E-state index in [1.807, 2.05) is 6.07 Å². The molecule has 0 aliphatic carbocycles. The van der Waals surface area contributed by atoms with Crippen molar-refractivity contribution in [2.24, 2.45) is 0 Å². The van der Waals surface area contributed by atoms with Gasteiger partial charge in [-0.15, -0.1) is 0 Å². The highest BCUT2D eigenvalue weighted by atomic mass is 32.2. The molecule has 28 heavy (non-hydrogen) atoms. The molecular weight excluding hydrogens is 376 g/mol. The highest BCUT2D eigenvalue weighted by Crippen LogP contribution is 2.32. The van der Waals surface area contributed by atoms with Gasteiger partial charge in [-0.1, -0.05) is 30.3 Å². The zero-order chi connectivity index (χ0) is 19.9. The molecule has 0 unspecified atom stereocenters. The van der Waals surface area contributed by atoms with E-state index >= 15 is 0 Å². The molecule has 0 aliphatic heterocycles. The van der Waals surface area contributed by atoms with E-state index in [9.17, 15) is 20.2 Å². The van der Waals surface area contributed by atoms with Crippen molar-refractivity contribution in [2.75, 3.05) is 0 Å². The Morgan fingerprint density at radius 3 is 2.46 bits per heavy atom. The molecule has 1 heterocycles. The first-order chi connectivity index (χ1) is 13.6. The van der Waals surface area contributed by atoms with Crippen LogP contribution in [0, 0.1) is 21.4 Å². The molecule has 0 aliphatic rings. The molecule has 3 aromatic rings. The maximum Gasteiger partial charge on any atom is 0.270 e. The van der Waals surface area contributed by atoms with Crippen molar-refractivity contribution in [1.29, 1.82) is 5.26 Å². The molecule has 0 fully saturated rings. The summed E-state index contributed by atoms with van der Waals surface area (Å²) >= 11 is 1.18. The Balaban J connectivity index is 2.05. The zero-order valence-corrected chi connectivity index (χ0v) is 15.2.